The topological polar surface area (TPSA) is 28.2 Å². The molecule has 1 fully saturated rings. The van der Waals surface area contributed by atoms with Gasteiger partial charge in [-0.25, -0.2) is 0 Å². The Labute approximate surface area is 91.5 Å². The lowest BCUT2D eigenvalue weighted by molar-refractivity contribution is 0.232. The molecular formula is C12H19N3. The average Bonchev–Trinajstić information content (AvgIpc) is 2.24. The molecule has 0 saturated carbocycles. The smallest absolute Gasteiger partial charge is 0.0420 e. The number of nitrogens with zero attached hydrogens (tertiary/aromatic N) is 2. The molecule has 15 heavy (non-hydrogen) atoms. The Kier molecular flexibility index (Phi) is 3.34. The van der Waals surface area contributed by atoms with Crippen LogP contribution in [0.25, 0.3) is 0 Å². The molecule has 0 unspecified atom stereocenters. The molecule has 3 heteroatoms. The van der Waals surface area contributed by atoms with E-state index in [1.807, 2.05) is 6.92 Å². The van der Waals surface area contributed by atoms with E-state index in [-0.39, 0.29) is 0 Å². The van der Waals surface area contributed by atoms with E-state index < -0.39 is 0 Å². The van der Waals surface area contributed by atoms with E-state index in [0.717, 1.165) is 38.4 Å². The number of aryl methyl sites for hydroxylation is 2. The van der Waals surface area contributed by atoms with Crippen molar-refractivity contribution in [1.29, 1.82) is 0 Å². The second kappa shape index (κ2) is 4.73. The third kappa shape index (κ3) is 2.76. The first-order valence-corrected chi connectivity index (χ1v) is 5.62. The molecule has 3 nitrogen and oxygen atoms in total. The molecule has 1 N–H and O–H groups in total. The van der Waals surface area contributed by atoms with Crippen LogP contribution in [0.1, 0.15) is 17.0 Å². The SMILES string of the molecule is Cc1ccc(CN2CCNCC2)c(C)n1. The van der Waals surface area contributed by atoms with Gasteiger partial charge in [0, 0.05) is 44.1 Å². The summed E-state index contributed by atoms with van der Waals surface area (Å²) in [6.45, 7) is 9.70. The van der Waals surface area contributed by atoms with E-state index in [1.165, 1.54) is 11.3 Å². The van der Waals surface area contributed by atoms with Crippen LogP contribution in [0.2, 0.25) is 0 Å². The third-order valence-electron chi connectivity index (χ3n) is 2.94. The molecule has 0 spiro atoms. The normalized spacial score (nSPS) is 18.0. The lowest BCUT2D eigenvalue weighted by atomic mass is 10.1. The number of nitrogens with one attached hydrogen (secondary N) is 1. The zero-order valence-electron chi connectivity index (χ0n) is 9.58. The Bertz CT molecular complexity index is 330. The van der Waals surface area contributed by atoms with Crippen molar-refractivity contribution in [1.82, 2.24) is 15.2 Å². The number of aromatic nitrogens is 1. The van der Waals surface area contributed by atoms with Crippen LogP contribution in [0.15, 0.2) is 12.1 Å². The van der Waals surface area contributed by atoms with E-state index in [9.17, 15) is 0 Å². The summed E-state index contributed by atoms with van der Waals surface area (Å²) in [5, 5.41) is 3.37. The summed E-state index contributed by atoms with van der Waals surface area (Å²) in [5.41, 5.74) is 3.65. The molecule has 1 aromatic heterocycles. The Balaban J connectivity index is 2.03. The minimum absolute atomic E-state index is 1.04. The first-order valence-electron chi connectivity index (χ1n) is 5.62. The quantitative estimate of drug-likeness (QED) is 0.784. The Hall–Kier alpha value is -0.930. The molecule has 1 aliphatic rings. The molecule has 0 amide bonds. The number of piperazine rings is 1. The molecule has 1 saturated heterocycles. The number of hydrogen-bond donors (Lipinski definition) is 1. The first-order chi connectivity index (χ1) is 7.25. The molecule has 2 heterocycles. The summed E-state index contributed by atoms with van der Waals surface area (Å²) in [5.74, 6) is 0. The predicted octanol–water partition coefficient (Wildman–Crippen LogP) is 1.10. The van der Waals surface area contributed by atoms with Crippen LogP contribution >= 0.6 is 0 Å². The maximum atomic E-state index is 4.50. The molecule has 82 valence electrons. The number of rotatable bonds is 2. The van der Waals surface area contributed by atoms with Gasteiger partial charge in [0.15, 0.2) is 0 Å². The van der Waals surface area contributed by atoms with Crippen molar-refractivity contribution in [3.8, 4) is 0 Å². The molecule has 0 bridgehead atoms. The molecular weight excluding hydrogens is 186 g/mol. The van der Waals surface area contributed by atoms with Crippen molar-refractivity contribution in [3.05, 3.63) is 29.1 Å². The van der Waals surface area contributed by atoms with E-state index >= 15 is 0 Å². The fourth-order valence-corrected chi connectivity index (χ4v) is 1.99. The highest BCUT2D eigenvalue weighted by Gasteiger charge is 2.11. The van der Waals surface area contributed by atoms with Crippen molar-refractivity contribution in [2.45, 2.75) is 20.4 Å². The van der Waals surface area contributed by atoms with Gasteiger partial charge in [-0.1, -0.05) is 6.07 Å². The zero-order chi connectivity index (χ0) is 10.7. The van der Waals surface area contributed by atoms with Crippen molar-refractivity contribution < 1.29 is 0 Å². The Morgan fingerprint density at radius 3 is 2.67 bits per heavy atom. The van der Waals surface area contributed by atoms with Crippen molar-refractivity contribution in [2.75, 3.05) is 26.2 Å². The van der Waals surface area contributed by atoms with Crippen LogP contribution in [0.3, 0.4) is 0 Å². The summed E-state index contributed by atoms with van der Waals surface area (Å²) in [4.78, 5) is 6.98. The van der Waals surface area contributed by atoms with Crippen molar-refractivity contribution in [3.63, 3.8) is 0 Å². The van der Waals surface area contributed by atoms with Crippen LogP contribution < -0.4 is 5.32 Å². The van der Waals surface area contributed by atoms with Gasteiger partial charge in [-0.2, -0.15) is 0 Å². The van der Waals surface area contributed by atoms with Crippen LogP contribution in [0.5, 0.6) is 0 Å². The fraction of sp³-hybridized carbons (Fsp3) is 0.583. The summed E-state index contributed by atoms with van der Waals surface area (Å²) in [7, 11) is 0. The zero-order valence-corrected chi connectivity index (χ0v) is 9.58. The Morgan fingerprint density at radius 2 is 2.00 bits per heavy atom. The van der Waals surface area contributed by atoms with Gasteiger partial charge >= 0.3 is 0 Å². The molecule has 0 aromatic carbocycles. The average molecular weight is 205 g/mol. The molecule has 1 aliphatic heterocycles. The highest BCUT2D eigenvalue weighted by Crippen LogP contribution is 2.10. The van der Waals surface area contributed by atoms with Crippen LogP contribution in [0.4, 0.5) is 0 Å². The lowest BCUT2D eigenvalue weighted by Crippen LogP contribution is -2.43. The second-order valence-electron chi connectivity index (χ2n) is 4.22. The third-order valence-corrected chi connectivity index (χ3v) is 2.94. The molecule has 1 aromatic rings. The number of pyridine rings is 1. The van der Waals surface area contributed by atoms with Crippen LogP contribution in [-0.4, -0.2) is 36.1 Å². The van der Waals surface area contributed by atoms with Crippen molar-refractivity contribution in [2.24, 2.45) is 0 Å². The summed E-state index contributed by atoms with van der Waals surface area (Å²) >= 11 is 0. The summed E-state index contributed by atoms with van der Waals surface area (Å²) < 4.78 is 0. The van der Waals surface area contributed by atoms with E-state index in [0.29, 0.717) is 0 Å². The molecule has 0 aliphatic carbocycles. The minimum Gasteiger partial charge on any atom is -0.314 e. The van der Waals surface area contributed by atoms with Gasteiger partial charge in [0.1, 0.15) is 0 Å². The summed E-state index contributed by atoms with van der Waals surface area (Å²) in [6.07, 6.45) is 0. The highest BCUT2D eigenvalue weighted by molar-refractivity contribution is 5.21. The van der Waals surface area contributed by atoms with Gasteiger partial charge in [-0.3, -0.25) is 9.88 Å². The van der Waals surface area contributed by atoms with Crippen LogP contribution in [-0.2, 0) is 6.54 Å². The van der Waals surface area contributed by atoms with Crippen molar-refractivity contribution >= 4 is 0 Å². The van der Waals surface area contributed by atoms with Gasteiger partial charge in [-0.05, 0) is 25.5 Å². The molecule has 0 atom stereocenters. The standard InChI is InChI=1S/C12H19N3/c1-10-3-4-12(11(2)14-10)9-15-7-5-13-6-8-15/h3-4,13H,5-9H2,1-2H3. The van der Waals surface area contributed by atoms with Gasteiger partial charge in [0.05, 0.1) is 0 Å². The predicted molar refractivity (Wildman–Crippen MR) is 61.9 cm³/mol. The molecule has 2 rings (SSSR count). The van der Waals surface area contributed by atoms with Crippen LogP contribution in [0, 0.1) is 13.8 Å². The monoisotopic (exact) mass is 205 g/mol. The highest BCUT2D eigenvalue weighted by atomic mass is 15.2. The maximum absolute atomic E-state index is 4.50. The van der Waals surface area contributed by atoms with E-state index in [2.05, 4.69) is 34.3 Å². The fourth-order valence-electron chi connectivity index (χ4n) is 1.99. The lowest BCUT2D eigenvalue weighted by Gasteiger charge is -2.27. The minimum atomic E-state index is 1.04. The largest absolute Gasteiger partial charge is 0.314 e. The van der Waals surface area contributed by atoms with E-state index in [1.54, 1.807) is 0 Å². The Morgan fingerprint density at radius 1 is 1.27 bits per heavy atom. The van der Waals surface area contributed by atoms with Gasteiger partial charge in [-0.15, -0.1) is 0 Å². The first kappa shape index (κ1) is 10.6. The maximum Gasteiger partial charge on any atom is 0.0420 e. The summed E-state index contributed by atoms with van der Waals surface area (Å²) in [6, 6.07) is 4.31. The molecule has 0 radical (unpaired) electrons. The van der Waals surface area contributed by atoms with Gasteiger partial charge in [0.2, 0.25) is 0 Å². The number of hydrogen-bond acceptors (Lipinski definition) is 3. The second-order valence-corrected chi connectivity index (χ2v) is 4.22. The van der Waals surface area contributed by atoms with Gasteiger partial charge < -0.3 is 5.32 Å². The van der Waals surface area contributed by atoms with Gasteiger partial charge in [0.25, 0.3) is 0 Å². The van der Waals surface area contributed by atoms with E-state index in [4.69, 9.17) is 0 Å².